The number of carbonyl (C=O) groups is 1. The van der Waals surface area contributed by atoms with Crippen molar-refractivity contribution in [3.05, 3.63) is 59.7 Å². The van der Waals surface area contributed by atoms with Crippen LogP contribution in [-0.4, -0.2) is 42.4 Å². The summed E-state index contributed by atoms with van der Waals surface area (Å²) in [5.41, 5.74) is 4.19. The first-order chi connectivity index (χ1) is 14.4. The molecule has 0 saturated carbocycles. The van der Waals surface area contributed by atoms with Gasteiger partial charge in [0.2, 0.25) is 0 Å². The van der Waals surface area contributed by atoms with E-state index >= 15 is 0 Å². The van der Waals surface area contributed by atoms with Crippen molar-refractivity contribution in [2.24, 2.45) is 0 Å². The van der Waals surface area contributed by atoms with Crippen LogP contribution in [0.4, 0.5) is 5.82 Å². The van der Waals surface area contributed by atoms with E-state index in [1.54, 1.807) is 0 Å². The van der Waals surface area contributed by atoms with Gasteiger partial charge in [-0.15, -0.1) is 0 Å². The molecule has 1 aromatic heterocycles. The lowest BCUT2D eigenvalue weighted by Gasteiger charge is -2.20. The van der Waals surface area contributed by atoms with Crippen molar-refractivity contribution in [3.8, 4) is 5.69 Å². The van der Waals surface area contributed by atoms with Gasteiger partial charge in [0.25, 0.3) is 0 Å². The lowest BCUT2D eigenvalue weighted by molar-refractivity contribution is 0.112. The Kier molecular flexibility index (Phi) is 6.99. The zero-order valence-corrected chi connectivity index (χ0v) is 19.0. The Hall–Kier alpha value is -2.59. The van der Waals surface area contributed by atoms with Gasteiger partial charge in [0.1, 0.15) is 5.82 Å². The fourth-order valence-corrected chi connectivity index (χ4v) is 4.11. The Balaban J connectivity index is 0.000000310. The first kappa shape index (κ1) is 22.1. The maximum absolute atomic E-state index is 11.6. The molecule has 2 aromatic carbocycles. The molecular weight excluding hydrogens is 370 g/mol. The average molecular weight is 406 g/mol. The first-order valence-electron chi connectivity index (χ1n) is 11.0. The Morgan fingerprint density at radius 1 is 1.00 bits per heavy atom. The molecule has 2 heterocycles. The van der Waals surface area contributed by atoms with Gasteiger partial charge in [0.05, 0.1) is 11.1 Å². The van der Waals surface area contributed by atoms with Crippen molar-refractivity contribution in [3.63, 3.8) is 0 Å². The van der Waals surface area contributed by atoms with Gasteiger partial charge in [-0.05, 0) is 61.7 Å². The molecule has 4 nitrogen and oxygen atoms in total. The van der Waals surface area contributed by atoms with Crippen molar-refractivity contribution in [2.75, 3.05) is 32.0 Å². The van der Waals surface area contributed by atoms with Gasteiger partial charge in [0.15, 0.2) is 6.29 Å². The van der Waals surface area contributed by atoms with Crippen molar-refractivity contribution < 1.29 is 4.79 Å². The van der Waals surface area contributed by atoms with Crippen LogP contribution in [0.1, 0.15) is 56.5 Å². The fourth-order valence-electron chi connectivity index (χ4n) is 4.11. The second-order valence-corrected chi connectivity index (χ2v) is 8.92. The second-order valence-electron chi connectivity index (χ2n) is 8.92. The van der Waals surface area contributed by atoms with E-state index in [4.69, 9.17) is 0 Å². The molecule has 1 N–H and O–H groups in total. The van der Waals surface area contributed by atoms with E-state index in [0.29, 0.717) is 5.56 Å². The molecule has 1 saturated heterocycles. The topological polar surface area (TPSA) is 37.3 Å². The Labute approximate surface area is 180 Å². The van der Waals surface area contributed by atoms with Crippen LogP contribution in [0.2, 0.25) is 0 Å². The van der Waals surface area contributed by atoms with Gasteiger partial charge in [-0.2, -0.15) is 0 Å². The summed E-state index contributed by atoms with van der Waals surface area (Å²) in [6.45, 7) is 12.8. The largest absolute Gasteiger partial charge is 0.374 e. The number of benzene rings is 2. The number of aldehydes is 1. The molecule has 0 radical (unpaired) electrons. The van der Waals surface area contributed by atoms with Crippen LogP contribution in [-0.2, 0) is 5.41 Å². The van der Waals surface area contributed by atoms with E-state index in [9.17, 15) is 4.79 Å². The van der Waals surface area contributed by atoms with Crippen LogP contribution in [0, 0.1) is 0 Å². The summed E-state index contributed by atoms with van der Waals surface area (Å²) >= 11 is 0. The normalized spacial score (nSPS) is 14.4. The molecule has 4 heteroatoms. The number of para-hydroxylation sites is 1. The predicted molar refractivity (Wildman–Crippen MR) is 128 cm³/mol. The van der Waals surface area contributed by atoms with Crippen molar-refractivity contribution in [1.82, 2.24) is 9.47 Å². The minimum absolute atomic E-state index is 0.122. The molecule has 0 atom stereocenters. The van der Waals surface area contributed by atoms with Crippen LogP contribution < -0.4 is 5.32 Å². The summed E-state index contributed by atoms with van der Waals surface area (Å²) in [4.78, 5) is 14.1. The van der Waals surface area contributed by atoms with Gasteiger partial charge in [0, 0.05) is 18.1 Å². The highest BCUT2D eigenvalue weighted by Crippen LogP contribution is 2.33. The molecule has 1 aliphatic rings. The molecular formula is C26H35N3O. The number of anilines is 1. The smallest absolute Gasteiger partial charge is 0.154 e. The molecule has 1 aliphatic heterocycles. The zero-order chi connectivity index (χ0) is 21.7. The van der Waals surface area contributed by atoms with E-state index in [-0.39, 0.29) is 5.41 Å². The summed E-state index contributed by atoms with van der Waals surface area (Å²) in [6, 6.07) is 16.5. The van der Waals surface area contributed by atoms with Crippen molar-refractivity contribution in [1.29, 1.82) is 0 Å². The third kappa shape index (κ3) is 4.59. The molecule has 4 rings (SSSR count). The van der Waals surface area contributed by atoms with Crippen molar-refractivity contribution >= 4 is 23.0 Å². The number of nitrogens with one attached hydrogen (secondary N) is 1. The highest BCUT2D eigenvalue weighted by molar-refractivity contribution is 6.04. The quantitative estimate of drug-likeness (QED) is 0.550. The highest BCUT2D eigenvalue weighted by Gasteiger charge is 2.18. The number of rotatable bonds is 4. The SMILES string of the molecule is CCN1CCCC1.CNc1c(C=O)c2ccccc2n1-c1ccc(C(C)(C)C)cc1. The molecule has 160 valence electrons. The molecule has 0 bridgehead atoms. The number of aromatic nitrogens is 1. The van der Waals surface area contributed by atoms with Crippen LogP contribution in [0.15, 0.2) is 48.5 Å². The zero-order valence-electron chi connectivity index (χ0n) is 19.0. The number of hydrogen-bond acceptors (Lipinski definition) is 3. The van der Waals surface area contributed by atoms with Crippen LogP contribution in [0.25, 0.3) is 16.6 Å². The van der Waals surface area contributed by atoms with Gasteiger partial charge in [-0.1, -0.05) is 58.0 Å². The molecule has 3 aromatic rings. The first-order valence-corrected chi connectivity index (χ1v) is 11.0. The second kappa shape index (κ2) is 9.48. The Morgan fingerprint density at radius 3 is 2.13 bits per heavy atom. The molecule has 0 aliphatic carbocycles. The molecule has 30 heavy (non-hydrogen) atoms. The summed E-state index contributed by atoms with van der Waals surface area (Å²) in [5.74, 6) is 0.824. The highest BCUT2D eigenvalue weighted by atomic mass is 16.1. The lowest BCUT2D eigenvalue weighted by Crippen LogP contribution is -2.17. The molecule has 0 amide bonds. The van der Waals surface area contributed by atoms with Gasteiger partial charge in [-0.25, -0.2) is 0 Å². The third-order valence-electron chi connectivity index (χ3n) is 5.91. The Bertz CT molecular complexity index is 974. The maximum atomic E-state index is 11.6. The third-order valence-corrected chi connectivity index (χ3v) is 5.91. The Morgan fingerprint density at radius 2 is 1.63 bits per heavy atom. The van der Waals surface area contributed by atoms with Crippen LogP contribution >= 0.6 is 0 Å². The average Bonchev–Trinajstić information content (AvgIpc) is 3.39. The summed E-state index contributed by atoms with van der Waals surface area (Å²) in [5, 5.41) is 4.14. The monoisotopic (exact) mass is 405 g/mol. The number of likely N-dealkylation sites (tertiary alicyclic amines) is 1. The standard InChI is InChI=1S/C20H22N2O.C6H13N/c1-20(2,3)14-9-11-15(12-10-14)22-18-8-6-5-7-16(18)17(13-23)19(22)21-4;1-2-7-5-3-4-6-7/h5-13,21H,1-4H3;2-6H2,1H3. The summed E-state index contributed by atoms with van der Waals surface area (Å²) in [6.07, 6.45) is 3.77. The van der Waals surface area contributed by atoms with E-state index in [0.717, 1.165) is 28.7 Å². The maximum Gasteiger partial charge on any atom is 0.154 e. The summed E-state index contributed by atoms with van der Waals surface area (Å²) in [7, 11) is 1.85. The van der Waals surface area contributed by atoms with E-state index in [1.807, 2.05) is 31.3 Å². The minimum Gasteiger partial charge on any atom is -0.374 e. The molecule has 0 unspecified atom stereocenters. The van der Waals surface area contributed by atoms with Crippen LogP contribution in [0.3, 0.4) is 0 Å². The van der Waals surface area contributed by atoms with Gasteiger partial charge in [-0.3, -0.25) is 9.36 Å². The number of carbonyl (C=O) groups excluding carboxylic acids is 1. The minimum atomic E-state index is 0.122. The lowest BCUT2D eigenvalue weighted by atomic mass is 9.87. The van der Waals surface area contributed by atoms with Crippen molar-refractivity contribution in [2.45, 2.75) is 46.0 Å². The van der Waals surface area contributed by atoms with E-state index in [2.05, 4.69) is 66.7 Å². The number of fused-ring (bicyclic) bond motifs is 1. The number of nitrogens with zero attached hydrogens (tertiary/aromatic N) is 2. The molecule has 1 fully saturated rings. The van der Waals surface area contributed by atoms with Crippen LogP contribution in [0.5, 0.6) is 0 Å². The van der Waals surface area contributed by atoms with E-state index in [1.165, 1.54) is 38.0 Å². The molecule has 0 spiro atoms. The fraction of sp³-hybridized carbons (Fsp3) is 0.423. The number of hydrogen-bond donors (Lipinski definition) is 1. The summed E-state index contributed by atoms with van der Waals surface area (Å²) < 4.78 is 2.10. The van der Waals surface area contributed by atoms with Gasteiger partial charge >= 0.3 is 0 Å². The van der Waals surface area contributed by atoms with Gasteiger partial charge < -0.3 is 10.2 Å². The van der Waals surface area contributed by atoms with E-state index < -0.39 is 0 Å². The predicted octanol–water partition coefficient (Wildman–Crippen LogP) is 5.88.